The average Bonchev–Trinajstić information content (AvgIpc) is 2.26. The summed E-state index contributed by atoms with van der Waals surface area (Å²) < 4.78 is 25.3. The highest BCUT2D eigenvalue weighted by Gasteiger charge is 2.49. The number of hydrogen-bond acceptors (Lipinski definition) is 2. The van der Waals surface area contributed by atoms with Crippen LogP contribution in [0.1, 0.15) is 6.42 Å². The van der Waals surface area contributed by atoms with Gasteiger partial charge >= 0.3 is 6.09 Å². The molecule has 0 unspecified atom stereocenters. The van der Waals surface area contributed by atoms with Crippen molar-refractivity contribution in [2.24, 2.45) is 5.73 Å². The molecule has 7 heteroatoms. The summed E-state index contributed by atoms with van der Waals surface area (Å²) >= 11 is 0. The predicted molar refractivity (Wildman–Crippen MR) is 37.3 cm³/mol. The van der Waals surface area contributed by atoms with Crippen LogP contribution in [0.25, 0.3) is 0 Å². The summed E-state index contributed by atoms with van der Waals surface area (Å²) in [5.41, 5.74) is 4.77. The molecule has 0 spiro atoms. The monoisotopic (exact) mass is 194 g/mol. The molecule has 0 aromatic rings. The van der Waals surface area contributed by atoms with Crippen molar-refractivity contribution in [3.63, 3.8) is 0 Å². The number of primary amides is 1. The molecule has 1 fully saturated rings. The van der Waals surface area contributed by atoms with Crippen molar-refractivity contribution < 1.29 is 23.5 Å². The van der Waals surface area contributed by atoms with Crippen molar-refractivity contribution in [2.45, 2.75) is 18.4 Å². The molecular formula is C6H8F2N2O3. The van der Waals surface area contributed by atoms with Crippen LogP contribution in [0.4, 0.5) is 13.6 Å². The smallest absolute Gasteiger partial charge is 0.408 e. The molecule has 0 aromatic heterocycles. The molecule has 74 valence electrons. The van der Waals surface area contributed by atoms with Gasteiger partial charge in [-0.25, -0.2) is 13.6 Å². The Morgan fingerprint density at radius 2 is 2.08 bits per heavy atom. The Kier molecular flexibility index (Phi) is 2.10. The number of carbonyl (C=O) groups excluding carboxylic acids is 1. The van der Waals surface area contributed by atoms with Crippen LogP contribution in [0.2, 0.25) is 0 Å². The number of nitrogens with two attached hydrogens (primary N) is 1. The Hall–Kier alpha value is -1.40. The molecule has 1 aliphatic rings. The van der Waals surface area contributed by atoms with Gasteiger partial charge in [0, 0.05) is 6.42 Å². The van der Waals surface area contributed by atoms with Gasteiger partial charge in [0.1, 0.15) is 6.04 Å². The molecule has 0 aromatic carbocycles. The molecule has 0 radical (unpaired) electrons. The van der Waals surface area contributed by atoms with Crippen molar-refractivity contribution in [3.8, 4) is 0 Å². The minimum absolute atomic E-state index is 0.363. The van der Waals surface area contributed by atoms with Crippen LogP contribution in [-0.4, -0.2) is 40.5 Å². The summed E-state index contributed by atoms with van der Waals surface area (Å²) in [5.74, 6) is -4.20. The molecule has 1 heterocycles. The van der Waals surface area contributed by atoms with Crippen LogP contribution >= 0.6 is 0 Å². The Morgan fingerprint density at radius 1 is 1.54 bits per heavy atom. The summed E-state index contributed by atoms with van der Waals surface area (Å²) in [7, 11) is 0. The van der Waals surface area contributed by atoms with E-state index < -0.39 is 36.9 Å². The van der Waals surface area contributed by atoms with Crippen molar-refractivity contribution in [1.29, 1.82) is 0 Å². The zero-order valence-corrected chi connectivity index (χ0v) is 6.54. The largest absolute Gasteiger partial charge is 0.465 e. The normalized spacial score (nSPS) is 26.0. The number of alkyl halides is 2. The van der Waals surface area contributed by atoms with Gasteiger partial charge in [0.25, 0.3) is 5.92 Å². The zero-order chi connectivity index (χ0) is 10.2. The highest BCUT2D eigenvalue weighted by atomic mass is 19.3. The van der Waals surface area contributed by atoms with E-state index >= 15 is 0 Å². The van der Waals surface area contributed by atoms with Crippen LogP contribution < -0.4 is 5.73 Å². The second-order valence-electron chi connectivity index (χ2n) is 2.89. The zero-order valence-electron chi connectivity index (χ0n) is 6.54. The Labute approximate surface area is 72.1 Å². The lowest BCUT2D eigenvalue weighted by Gasteiger charge is -2.16. The van der Waals surface area contributed by atoms with Crippen molar-refractivity contribution >= 4 is 12.0 Å². The first-order valence-electron chi connectivity index (χ1n) is 3.50. The van der Waals surface area contributed by atoms with Crippen molar-refractivity contribution in [2.75, 3.05) is 6.54 Å². The van der Waals surface area contributed by atoms with Gasteiger partial charge in [-0.05, 0) is 0 Å². The molecule has 3 N–H and O–H groups in total. The van der Waals surface area contributed by atoms with E-state index in [2.05, 4.69) is 0 Å². The maximum Gasteiger partial charge on any atom is 0.408 e. The molecule has 0 bridgehead atoms. The van der Waals surface area contributed by atoms with E-state index in [4.69, 9.17) is 10.8 Å². The molecule has 1 aliphatic heterocycles. The highest BCUT2D eigenvalue weighted by Crippen LogP contribution is 2.31. The minimum Gasteiger partial charge on any atom is -0.465 e. The van der Waals surface area contributed by atoms with Crippen LogP contribution in [-0.2, 0) is 4.79 Å². The van der Waals surface area contributed by atoms with Gasteiger partial charge in [-0.2, -0.15) is 0 Å². The molecule has 1 rings (SSSR count). The summed E-state index contributed by atoms with van der Waals surface area (Å²) in [5, 5.41) is 8.45. The molecule has 5 nitrogen and oxygen atoms in total. The molecule has 13 heavy (non-hydrogen) atoms. The Morgan fingerprint density at radius 3 is 2.38 bits per heavy atom. The summed E-state index contributed by atoms with van der Waals surface area (Å²) in [6.45, 7) is -0.962. The summed E-state index contributed by atoms with van der Waals surface area (Å²) in [4.78, 5) is 21.3. The van der Waals surface area contributed by atoms with Crippen LogP contribution in [0.3, 0.4) is 0 Å². The van der Waals surface area contributed by atoms with Crippen molar-refractivity contribution in [1.82, 2.24) is 4.90 Å². The van der Waals surface area contributed by atoms with Crippen LogP contribution in [0, 0.1) is 0 Å². The lowest BCUT2D eigenvalue weighted by atomic mass is 10.2. The van der Waals surface area contributed by atoms with Crippen LogP contribution in [0.15, 0.2) is 0 Å². The third-order valence-electron chi connectivity index (χ3n) is 1.84. The first kappa shape index (κ1) is 9.69. The fraction of sp³-hybridized carbons (Fsp3) is 0.667. The predicted octanol–water partition coefficient (Wildman–Crippen LogP) is -0.141. The average molecular weight is 194 g/mol. The van der Waals surface area contributed by atoms with Gasteiger partial charge in [0.2, 0.25) is 5.91 Å². The van der Waals surface area contributed by atoms with E-state index in [1.54, 1.807) is 0 Å². The fourth-order valence-corrected chi connectivity index (χ4v) is 1.27. The van der Waals surface area contributed by atoms with Gasteiger partial charge in [-0.15, -0.1) is 0 Å². The van der Waals surface area contributed by atoms with Gasteiger partial charge in [-0.3, -0.25) is 9.69 Å². The molecule has 2 amide bonds. The third-order valence-corrected chi connectivity index (χ3v) is 1.84. The van der Waals surface area contributed by atoms with E-state index in [9.17, 15) is 18.4 Å². The molecular weight excluding hydrogens is 186 g/mol. The van der Waals surface area contributed by atoms with Gasteiger partial charge in [-0.1, -0.05) is 0 Å². The number of carbonyl (C=O) groups is 2. The number of nitrogens with zero attached hydrogens (tertiary/aromatic N) is 1. The number of hydrogen-bond donors (Lipinski definition) is 2. The Balaban J connectivity index is 2.83. The number of likely N-dealkylation sites (tertiary alicyclic amines) is 1. The first-order valence-corrected chi connectivity index (χ1v) is 3.50. The molecule has 1 saturated heterocycles. The maximum atomic E-state index is 12.7. The van der Waals surface area contributed by atoms with Crippen LogP contribution in [0.5, 0.6) is 0 Å². The third kappa shape index (κ3) is 1.85. The second-order valence-corrected chi connectivity index (χ2v) is 2.89. The first-order chi connectivity index (χ1) is 5.83. The number of halogens is 2. The Bertz CT molecular complexity index is 232. The molecule has 0 saturated carbocycles. The quantitative estimate of drug-likeness (QED) is 0.609. The summed E-state index contributed by atoms with van der Waals surface area (Å²) in [6, 6.07) is -1.41. The lowest BCUT2D eigenvalue weighted by molar-refractivity contribution is -0.122. The fourth-order valence-electron chi connectivity index (χ4n) is 1.27. The van der Waals surface area contributed by atoms with Gasteiger partial charge < -0.3 is 10.8 Å². The van der Waals surface area contributed by atoms with E-state index in [0.29, 0.717) is 4.90 Å². The topological polar surface area (TPSA) is 83.6 Å². The van der Waals surface area contributed by atoms with E-state index in [-0.39, 0.29) is 0 Å². The molecule has 1 atom stereocenters. The maximum absolute atomic E-state index is 12.7. The van der Waals surface area contributed by atoms with E-state index in [1.165, 1.54) is 0 Å². The highest BCUT2D eigenvalue weighted by molar-refractivity contribution is 5.84. The molecule has 0 aliphatic carbocycles. The van der Waals surface area contributed by atoms with Gasteiger partial charge in [0.15, 0.2) is 0 Å². The summed E-state index contributed by atoms with van der Waals surface area (Å²) in [6.07, 6.45) is -2.38. The second kappa shape index (κ2) is 2.82. The number of rotatable bonds is 1. The number of carboxylic acid groups (broad SMARTS) is 1. The SMILES string of the molecule is NC(=O)[C@@H]1CC(F)(F)CN1C(=O)O. The van der Waals surface area contributed by atoms with Crippen molar-refractivity contribution in [3.05, 3.63) is 0 Å². The lowest BCUT2D eigenvalue weighted by Crippen LogP contribution is -2.43. The minimum atomic E-state index is -3.15. The standard InChI is InChI=1S/C6H8F2N2O3/c7-6(8)1-3(4(9)11)10(2-6)5(12)13/h3H,1-2H2,(H2,9,11)(H,12,13)/t3-/m0/s1. The van der Waals surface area contributed by atoms with E-state index in [0.717, 1.165) is 0 Å². The van der Waals surface area contributed by atoms with E-state index in [1.807, 2.05) is 0 Å². The van der Waals surface area contributed by atoms with Gasteiger partial charge in [0.05, 0.1) is 6.54 Å². The number of amides is 2.